The number of halogens is 1. The second-order valence-corrected chi connectivity index (χ2v) is 9.03. The highest BCUT2D eigenvalue weighted by Crippen LogP contribution is 2.25. The van der Waals surface area contributed by atoms with Crippen LogP contribution >= 0.6 is 11.6 Å². The number of amides is 1. The number of aryl methyl sites for hydroxylation is 2. The zero-order chi connectivity index (χ0) is 24.1. The van der Waals surface area contributed by atoms with Gasteiger partial charge in [0.25, 0.3) is 5.91 Å². The second kappa shape index (κ2) is 11.0. The fraction of sp³-hybridized carbons (Fsp3) is 0.385. The van der Waals surface area contributed by atoms with Crippen LogP contribution in [-0.4, -0.2) is 65.3 Å². The van der Waals surface area contributed by atoms with Crippen molar-refractivity contribution in [3.63, 3.8) is 0 Å². The van der Waals surface area contributed by atoms with Crippen molar-refractivity contribution in [1.82, 2.24) is 19.6 Å². The van der Waals surface area contributed by atoms with Crippen molar-refractivity contribution in [2.45, 2.75) is 19.6 Å². The molecule has 0 radical (unpaired) electrons. The lowest BCUT2D eigenvalue weighted by Gasteiger charge is -2.36. The molecule has 1 saturated heterocycles. The van der Waals surface area contributed by atoms with Crippen LogP contribution in [0.15, 0.2) is 54.6 Å². The van der Waals surface area contributed by atoms with Gasteiger partial charge in [-0.15, -0.1) is 0 Å². The molecule has 1 atom stereocenters. The van der Waals surface area contributed by atoms with E-state index in [1.807, 2.05) is 67.4 Å². The quantitative estimate of drug-likeness (QED) is 0.483. The lowest BCUT2D eigenvalue weighted by atomic mass is 10.1. The molecule has 1 fully saturated rings. The number of ether oxygens (including phenoxy) is 2. The fourth-order valence-electron chi connectivity index (χ4n) is 4.26. The number of hydrogen-bond acceptors (Lipinski definition) is 5. The van der Waals surface area contributed by atoms with E-state index in [0.29, 0.717) is 30.4 Å². The van der Waals surface area contributed by atoms with E-state index in [2.05, 4.69) is 16.1 Å². The maximum atomic E-state index is 12.9. The zero-order valence-electron chi connectivity index (χ0n) is 19.9. The van der Waals surface area contributed by atoms with Gasteiger partial charge in [-0.1, -0.05) is 35.9 Å². The molecule has 0 spiro atoms. The first-order chi connectivity index (χ1) is 16.4. The molecule has 3 aromatic rings. The SMILES string of the molecule is COc1cccc([C@H](CN2CCN(C(=O)c3cc(C)nn3C)CC2)OCc2cccc(Cl)c2)c1. The highest BCUT2D eigenvalue weighted by Gasteiger charge is 2.26. The maximum Gasteiger partial charge on any atom is 0.272 e. The van der Waals surface area contributed by atoms with E-state index in [0.717, 1.165) is 42.2 Å². The van der Waals surface area contributed by atoms with Gasteiger partial charge in [0.1, 0.15) is 11.4 Å². The van der Waals surface area contributed by atoms with E-state index >= 15 is 0 Å². The van der Waals surface area contributed by atoms with Gasteiger partial charge in [0, 0.05) is 44.8 Å². The van der Waals surface area contributed by atoms with Crippen LogP contribution in [0.4, 0.5) is 0 Å². The molecule has 0 N–H and O–H groups in total. The van der Waals surface area contributed by atoms with Gasteiger partial charge in [-0.3, -0.25) is 14.4 Å². The first-order valence-electron chi connectivity index (χ1n) is 11.4. The lowest BCUT2D eigenvalue weighted by Crippen LogP contribution is -2.50. The Hall–Kier alpha value is -2.87. The molecule has 7 nitrogen and oxygen atoms in total. The van der Waals surface area contributed by atoms with Crippen LogP contribution in [-0.2, 0) is 18.4 Å². The van der Waals surface area contributed by atoms with Crippen molar-refractivity contribution >= 4 is 17.5 Å². The Bertz CT molecular complexity index is 1120. The number of benzene rings is 2. The Morgan fingerprint density at radius 1 is 1.09 bits per heavy atom. The Morgan fingerprint density at radius 2 is 1.85 bits per heavy atom. The summed E-state index contributed by atoms with van der Waals surface area (Å²) in [6.45, 7) is 5.98. The molecule has 1 amide bonds. The topological polar surface area (TPSA) is 59.8 Å². The number of rotatable bonds is 8. The lowest BCUT2D eigenvalue weighted by molar-refractivity contribution is 0.00322. The maximum absolute atomic E-state index is 12.9. The van der Waals surface area contributed by atoms with Crippen LogP contribution in [0, 0.1) is 6.92 Å². The monoisotopic (exact) mass is 482 g/mol. The van der Waals surface area contributed by atoms with E-state index < -0.39 is 0 Å². The van der Waals surface area contributed by atoms with Crippen molar-refractivity contribution in [1.29, 1.82) is 0 Å². The third kappa shape index (κ3) is 5.97. The molecule has 2 heterocycles. The Balaban J connectivity index is 1.41. The van der Waals surface area contributed by atoms with E-state index in [-0.39, 0.29) is 12.0 Å². The predicted octanol–water partition coefficient (Wildman–Crippen LogP) is 4.11. The smallest absolute Gasteiger partial charge is 0.272 e. The van der Waals surface area contributed by atoms with E-state index in [1.54, 1.807) is 11.8 Å². The van der Waals surface area contributed by atoms with Gasteiger partial charge in [-0.05, 0) is 48.4 Å². The predicted molar refractivity (Wildman–Crippen MR) is 132 cm³/mol. The van der Waals surface area contributed by atoms with Gasteiger partial charge in [0.05, 0.1) is 25.5 Å². The van der Waals surface area contributed by atoms with Gasteiger partial charge < -0.3 is 14.4 Å². The zero-order valence-corrected chi connectivity index (χ0v) is 20.7. The summed E-state index contributed by atoms with van der Waals surface area (Å²) in [6.07, 6.45) is -0.143. The normalized spacial score (nSPS) is 15.4. The largest absolute Gasteiger partial charge is 0.497 e. The van der Waals surface area contributed by atoms with Crippen molar-refractivity contribution in [3.05, 3.63) is 82.1 Å². The summed E-state index contributed by atoms with van der Waals surface area (Å²) in [4.78, 5) is 17.2. The summed E-state index contributed by atoms with van der Waals surface area (Å²) in [6, 6.07) is 17.6. The van der Waals surface area contributed by atoms with Crippen LogP contribution in [0.2, 0.25) is 5.02 Å². The number of carbonyl (C=O) groups excluding carboxylic acids is 1. The fourth-order valence-corrected chi connectivity index (χ4v) is 4.47. The average molecular weight is 483 g/mol. The number of hydrogen-bond donors (Lipinski definition) is 0. The number of nitrogens with zero attached hydrogens (tertiary/aromatic N) is 4. The summed E-state index contributed by atoms with van der Waals surface area (Å²) in [5.41, 5.74) is 3.57. The number of aromatic nitrogens is 2. The molecule has 0 unspecified atom stereocenters. The third-order valence-corrected chi connectivity index (χ3v) is 6.35. The van der Waals surface area contributed by atoms with E-state index in [9.17, 15) is 4.79 Å². The van der Waals surface area contributed by atoms with Crippen molar-refractivity contribution in [2.24, 2.45) is 7.05 Å². The average Bonchev–Trinajstić information content (AvgIpc) is 3.19. The Morgan fingerprint density at radius 3 is 2.53 bits per heavy atom. The minimum absolute atomic E-state index is 0.0318. The molecule has 180 valence electrons. The highest BCUT2D eigenvalue weighted by atomic mass is 35.5. The molecular formula is C26H31ClN4O3. The second-order valence-electron chi connectivity index (χ2n) is 8.59. The molecule has 0 aliphatic carbocycles. The van der Waals surface area contributed by atoms with Crippen LogP contribution in [0.25, 0.3) is 0 Å². The Kier molecular flexibility index (Phi) is 7.88. The minimum atomic E-state index is -0.143. The van der Waals surface area contributed by atoms with Gasteiger partial charge in [0.2, 0.25) is 0 Å². The minimum Gasteiger partial charge on any atom is -0.497 e. The van der Waals surface area contributed by atoms with Gasteiger partial charge in [0.15, 0.2) is 0 Å². The number of carbonyl (C=O) groups is 1. The van der Waals surface area contributed by atoms with Crippen LogP contribution in [0.1, 0.15) is 33.4 Å². The summed E-state index contributed by atoms with van der Waals surface area (Å²) in [7, 11) is 3.48. The number of piperazine rings is 1. The van der Waals surface area contributed by atoms with Gasteiger partial charge in [-0.2, -0.15) is 5.10 Å². The van der Waals surface area contributed by atoms with E-state index in [1.165, 1.54) is 0 Å². The molecule has 1 aromatic heterocycles. The molecular weight excluding hydrogens is 452 g/mol. The standard InChI is InChI=1S/C26H31ClN4O3/c1-19-14-24(29(2)28-19)26(32)31-12-10-30(11-13-31)17-25(21-7-5-9-23(16-21)33-3)34-18-20-6-4-8-22(27)15-20/h4-9,14-16,25H,10-13,17-18H2,1-3H3/t25-/m0/s1. The molecule has 1 aliphatic rings. The van der Waals surface area contributed by atoms with Crippen molar-refractivity contribution in [3.8, 4) is 5.75 Å². The molecule has 0 saturated carbocycles. The Labute approximate surface area is 205 Å². The van der Waals surface area contributed by atoms with Crippen LogP contribution < -0.4 is 4.74 Å². The van der Waals surface area contributed by atoms with Crippen LogP contribution in [0.3, 0.4) is 0 Å². The van der Waals surface area contributed by atoms with Crippen LogP contribution in [0.5, 0.6) is 5.75 Å². The number of methoxy groups -OCH3 is 1. The summed E-state index contributed by atoms with van der Waals surface area (Å²) >= 11 is 6.15. The molecule has 8 heteroatoms. The van der Waals surface area contributed by atoms with Gasteiger partial charge >= 0.3 is 0 Å². The summed E-state index contributed by atoms with van der Waals surface area (Å²) < 4.78 is 13.5. The highest BCUT2D eigenvalue weighted by molar-refractivity contribution is 6.30. The van der Waals surface area contributed by atoms with Gasteiger partial charge in [-0.25, -0.2) is 0 Å². The molecule has 34 heavy (non-hydrogen) atoms. The summed E-state index contributed by atoms with van der Waals surface area (Å²) in [5.74, 6) is 0.833. The molecule has 4 rings (SSSR count). The summed E-state index contributed by atoms with van der Waals surface area (Å²) in [5, 5.41) is 5.00. The third-order valence-electron chi connectivity index (χ3n) is 6.11. The van der Waals surface area contributed by atoms with Crippen molar-refractivity contribution in [2.75, 3.05) is 39.8 Å². The molecule has 0 bridgehead atoms. The molecule has 2 aromatic carbocycles. The van der Waals surface area contributed by atoms with Crippen molar-refractivity contribution < 1.29 is 14.3 Å². The van der Waals surface area contributed by atoms with E-state index in [4.69, 9.17) is 21.1 Å². The molecule has 1 aliphatic heterocycles. The first kappa shape index (κ1) is 24.3. The first-order valence-corrected chi connectivity index (χ1v) is 11.8.